The van der Waals surface area contributed by atoms with Crippen LogP contribution in [0.25, 0.3) is 0 Å². The lowest BCUT2D eigenvalue weighted by molar-refractivity contribution is 0.210. The van der Waals surface area contributed by atoms with Crippen LogP contribution in [-0.2, 0) is 6.42 Å². The van der Waals surface area contributed by atoms with E-state index in [1.807, 2.05) is 7.05 Å². The van der Waals surface area contributed by atoms with Gasteiger partial charge in [-0.15, -0.1) is 0 Å². The molecule has 1 fully saturated rings. The van der Waals surface area contributed by atoms with E-state index < -0.39 is 0 Å². The zero-order valence-electron chi connectivity index (χ0n) is 11.6. The average Bonchev–Trinajstić information content (AvgIpc) is 2.90. The van der Waals surface area contributed by atoms with Gasteiger partial charge in [0.25, 0.3) is 0 Å². The molecule has 1 aromatic carbocycles. The van der Waals surface area contributed by atoms with Crippen LogP contribution in [0.2, 0.25) is 0 Å². The maximum Gasteiger partial charge on any atom is 0.119 e. The lowest BCUT2D eigenvalue weighted by Gasteiger charge is -2.14. The number of hydrogen-bond donors (Lipinski definition) is 1. The second kappa shape index (κ2) is 6.79. The highest BCUT2D eigenvalue weighted by atomic mass is 16.5. The highest BCUT2D eigenvalue weighted by Gasteiger charge is 2.16. The Morgan fingerprint density at radius 2 is 1.89 bits per heavy atom. The molecule has 0 amide bonds. The van der Waals surface area contributed by atoms with Crippen molar-refractivity contribution in [2.75, 3.05) is 7.05 Å². The monoisotopic (exact) mass is 247 g/mol. The predicted octanol–water partition coefficient (Wildman–Crippen LogP) is 3.55. The summed E-state index contributed by atoms with van der Waals surface area (Å²) >= 11 is 0. The van der Waals surface area contributed by atoms with Crippen molar-refractivity contribution >= 4 is 0 Å². The van der Waals surface area contributed by atoms with Crippen molar-refractivity contribution in [3.05, 3.63) is 29.8 Å². The summed E-state index contributed by atoms with van der Waals surface area (Å²) in [5, 5.41) is 3.27. The average molecular weight is 247 g/mol. The van der Waals surface area contributed by atoms with E-state index in [1.54, 1.807) is 0 Å². The van der Waals surface area contributed by atoms with E-state index in [4.69, 9.17) is 4.74 Å². The highest BCUT2D eigenvalue weighted by Crippen LogP contribution is 2.24. The van der Waals surface area contributed by atoms with E-state index in [9.17, 15) is 0 Å². The van der Waals surface area contributed by atoms with Crippen LogP contribution in [0.15, 0.2) is 24.3 Å². The van der Waals surface area contributed by atoms with Gasteiger partial charge < -0.3 is 10.1 Å². The van der Waals surface area contributed by atoms with Crippen LogP contribution in [0.3, 0.4) is 0 Å². The van der Waals surface area contributed by atoms with Gasteiger partial charge in [0, 0.05) is 6.04 Å². The summed E-state index contributed by atoms with van der Waals surface area (Å²) < 4.78 is 5.96. The molecule has 100 valence electrons. The minimum Gasteiger partial charge on any atom is -0.490 e. The summed E-state index contributed by atoms with van der Waals surface area (Å²) in [6, 6.07) is 9.23. The molecule has 0 aromatic heterocycles. The largest absolute Gasteiger partial charge is 0.490 e. The molecule has 1 aromatic rings. The maximum absolute atomic E-state index is 5.96. The van der Waals surface area contributed by atoms with E-state index in [0.29, 0.717) is 12.1 Å². The molecule has 1 aliphatic rings. The number of rotatable bonds is 6. The van der Waals surface area contributed by atoms with Gasteiger partial charge in [-0.1, -0.05) is 12.1 Å². The van der Waals surface area contributed by atoms with Crippen LogP contribution < -0.4 is 10.1 Å². The van der Waals surface area contributed by atoms with Crippen molar-refractivity contribution in [1.29, 1.82) is 0 Å². The van der Waals surface area contributed by atoms with Crippen LogP contribution in [-0.4, -0.2) is 19.2 Å². The van der Waals surface area contributed by atoms with Crippen molar-refractivity contribution in [2.24, 2.45) is 0 Å². The number of benzene rings is 1. The number of nitrogens with one attached hydrogen (secondary N) is 1. The van der Waals surface area contributed by atoms with Gasteiger partial charge in [-0.25, -0.2) is 0 Å². The number of aryl methyl sites for hydroxylation is 1. The number of ether oxygens (including phenoxy) is 1. The zero-order chi connectivity index (χ0) is 12.8. The summed E-state index contributed by atoms with van der Waals surface area (Å²) in [6.07, 6.45) is 7.86. The fourth-order valence-corrected chi connectivity index (χ4v) is 2.46. The van der Waals surface area contributed by atoms with E-state index in [2.05, 4.69) is 36.5 Å². The Labute approximate surface area is 111 Å². The Morgan fingerprint density at radius 1 is 1.22 bits per heavy atom. The van der Waals surface area contributed by atoms with Gasteiger partial charge in [-0.2, -0.15) is 0 Å². The highest BCUT2D eigenvalue weighted by molar-refractivity contribution is 5.27. The quantitative estimate of drug-likeness (QED) is 0.830. The van der Waals surface area contributed by atoms with Gasteiger partial charge >= 0.3 is 0 Å². The third-order valence-corrected chi connectivity index (χ3v) is 3.89. The molecule has 0 bridgehead atoms. The molecule has 1 aliphatic carbocycles. The summed E-state index contributed by atoms with van der Waals surface area (Å²) in [5.74, 6) is 1.03. The van der Waals surface area contributed by atoms with E-state index >= 15 is 0 Å². The van der Waals surface area contributed by atoms with Gasteiger partial charge in [0.1, 0.15) is 5.75 Å². The molecule has 0 aliphatic heterocycles. The molecule has 18 heavy (non-hydrogen) atoms. The first-order valence-electron chi connectivity index (χ1n) is 7.21. The molecule has 0 heterocycles. The Hall–Kier alpha value is -1.02. The second-order valence-corrected chi connectivity index (χ2v) is 5.40. The third kappa shape index (κ3) is 4.02. The van der Waals surface area contributed by atoms with E-state index in [-0.39, 0.29) is 0 Å². The molecule has 0 saturated heterocycles. The van der Waals surface area contributed by atoms with Gasteiger partial charge in [-0.3, -0.25) is 0 Å². The van der Waals surface area contributed by atoms with Crippen LogP contribution in [0.1, 0.15) is 44.6 Å². The lowest BCUT2D eigenvalue weighted by Crippen LogP contribution is -2.21. The fourth-order valence-electron chi connectivity index (χ4n) is 2.46. The molecule has 2 rings (SSSR count). The first kappa shape index (κ1) is 13.4. The normalized spacial score (nSPS) is 17.9. The molecule has 1 N–H and O–H groups in total. The van der Waals surface area contributed by atoms with Crippen LogP contribution in [0.5, 0.6) is 5.75 Å². The first-order chi connectivity index (χ1) is 8.78. The predicted molar refractivity (Wildman–Crippen MR) is 76.2 cm³/mol. The lowest BCUT2D eigenvalue weighted by atomic mass is 10.1. The van der Waals surface area contributed by atoms with Gasteiger partial charge in [-0.05, 0) is 70.2 Å². The minimum atomic E-state index is 0.458. The van der Waals surface area contributed by atoms with Crippen LogP contribution in [0.4, 0.5) is 0 Å². The second-order valence-electron chi connectivity index (χ2n) is 5.40. The van der Waals surface area contributed by atoms with Gasteiger partial charge in [0.15, 0.2) is 0 Å². The van der Waals surface area contributed by atoms with Crippen molar-refractivity contribution in [3.63, 3.8) is 0 Å². The molecule has 0 radical (unpaired) electrons. The molecule has 2 heteroatoms. The molecule has 1 saturated carbocycles. The molecule has 1 unspecified atom stereocenters. The Balaban J connectivity index is 1.81. The van der Waals surface area contributed by atoms with Crippen molar-refractivity contribution in [1.82, 2.24) is 5.32 Å². The van der Waals surface area contributed by atoms with Crippen molar-refractivity contribution < 1.29 is 4.74 Å². The van der Waals surface area contributed by atoms with Crippen molar-refractivity contribution in [3.8, 4) is 5.75 Å². The summed E-state index contributed by atoms with van der Waals surface area (Å²) in [6.45, 7) is 2.22. The molecule has 1 atom stereocenters. The van der Waals surface area contributed by atoms with Crippen LogP contribution in [0, 0.1) is 0 Å². The smallest absolute Gasteiger partial charge is 0.119 e. The Morgan fingerprint density at radius 3 is 2.50 bits per heavy atom. The Kier molecular flexibility index (Phi) is 5.06. The standard InChI is InChI=1S/C16H25NO/c1-13(17-2)7-8-14-9-11-16(12-10-14)18-15-5-3-4-6-15/h9-13,15,17H,3-8H2,1-2H3. The van der Waals surface area contributed by atoms with E-state index in [0.717, 1.165) is 12.2 Å². The summed E-state index contributed by atoms with van der Waals surface area (Å²) in [4.78, 5) is 0. The van der Waals surface area contributed by atoms with Gasteiger partial charge in [0.2, 0.25) is 0 Å². The molecular weight excluding hydrogens is 222 g/mol. The minimum absolute atomic E-state index is 0.458. The molecule has 0 spiro atoms. The van der Waals surface area contributed by atoms with Crippen molar-refractivity contribution in [2.45, 2.75) is 57.6 Å². The summed E-state index contributed by atoms with van der Waals surface area (Å²) in [5.41, 5.74) is 1.40. The first-order valence-corrected chi connectivity index (χ1v) is 7.21. The third-order valence-electron chi connectivity index (χ3n) is 3.89. The zero-order valence-corrected chi connectivity index (χ0v) is 11.6. The maximum atomic E-state index is 5.96. The van der Waals surface area contributed by atoms with Crippen LogP contribution >= 0.6 is 0 Å². The molecular formula is C16H25NO. The number of hydrogen-bond acceptors (Lipinski definition) is 2. The van der Waals surface area contributed by atoms with E-state index in [1.165, 1.54) is 37.7 Å². The molecule has 2 nitrogen and oxygen atoms in total. The topological polar surface area (TPSA) is 21.3 Å². The van der Waals surface area contributed by atoms with Gasteiger partial charge in [0.05, 0.1) is 6.10 Å². The SMILES string of the molecule is CNC(C)CCc1ccc(OC2CCCC2)cc1. The Bertz CT molecular complexity index is 341. The summed E-state index contributed by atoms with van der Waals surface area (Å²) in [7, 11) is 2.02. The fraction of sp³-hybridized carbons (Fsp3) is 0.625.